The fourth-order valence-electron chi connectivity index (χ4n) is 5.11. The molecule has 15 heteroatoms. The van der Waals surface area contributed by atoms with E-state index in [2.05, 4.69) is 25.0 Å². The minimum atomic E-state index is -0.583. The molecule has 2 amide bonds. The molecule has 14 nitrogen and oxygen atoms in total. The summed E-state index contributed by atoms with van der Waals surface area (Å²) in [7, 11) is 0. The number of rotatable bonds is 6. The number of fused-ring (bicyclic) bond motifs is 2. The van der Waals surface area contributed by atoms with Crippen LogP contribution in [0, 0.1) is 6.92 Å². The molecule has 0 radical (unpaired) electrons. The van der Waals surface area contributed by atoms with Gasteiger partial charge in [-0.25, -0.2) is 15.0 Å². The molecule has 0 unspecified atom stereocenters. The van der Waals surface area contributed by atoms with Gasteiger partial charge in [0, 0.05) is 31.7 Å². The molecule has 1 fully saturated rings. The normalized spacial score (nSPS) is 13.8. The molecule has 41 heavy (non-hydrogen) atoms. The number of aromatic nitrogens is 7. The highest BCUT2D eigenvalue weighted by atomic mass is 32.1. The van der Waals surface area contributed by atoms with Crippen LogP contribution >= 0.6 is 11.3 Å². The molecule has 210 valence electrons. The van der Waals surface area contributed by atoms with Gasteiger partial charge in [-0.15, -0.1) is 16.4 Å². The van der Waals surface area contributed by atoms with Crippen LogP contribution in [-0.2, 0) is 17.8 Å². The first kappa shape index (κ1) is 26.3. The van der Waals surface area contributed by atoms with Gasteiger partial charge < -0.3 is 25.2 Å². The number of aromatic hydroxyl groups is 1. The van der Waals surface area contributed by atoms with Crippen molar-refractivity contribution in [2.24, 2.45) is 5.73 Å². The molecule has 5 heterocycles. The molecule has 6 rings (SSSR count). The van der Waals surface area contributed by atoms with Crippen molar-refractivity contribution in [1.82, 2.24) is 39.0 Å². The Morgan fingerprint density at radius 1 is 1.12 bits per heavy atom. The van der Waals surface area contributed by atoms with E-state index in [-0.39, 0.29) is 42.4 Å². The summed E-state index contributed by atoms with van der Waals surface area (Å²) in [5, 5.41) is 14.8. The van der Waals surface area contributed by atoms with Crippen molar-refractivity contribution < 1.29 is 14.7 Å². The third kappa shape index (κ3) is 4.53. The summed E-state index contributed by atoms with van der Waals surface area (Å²) in [5.41, 5.74) is 9.70. The van der Waals surface area contributed by atoms with E-state index in [0.717, 1.165) is 10.2 Å². The number of benzene rings is 1. The molecule has 0 saturated carbocycles. The predicted molar refractivity (Wildman–Crippen MR) is 151 cm³/mol. The number of thiazole rings is 1. The van der Waals surface area contributed by atoms with Crippen LogP contribution in [0.1, 0.15) is 28.8 Å². The molecule has 4 aromatic heterocycles. The molecule has 1 saturated heterocycles. The number of primary amides is 1. The summed E-state index contributed by atoms with van der Waals surface area (Å²) < 4.78 is 3.86. The lowest BCUT2D eigenvalue weighted by molar-refractivity contribution is -0.118. The lowest BCUT2D eigenvalue weighted by atomic mass is 10.2. The summed E-state index contributed by atoms with van der Waals surface area (Å²) in [6.45, 7) is 4.54. The quantitative estimate of drug-likeness (QED) is 0.297. The molecule has 5 aromatic rings. The van der Waals surface area contributed by atoms with Crippen molar-refractivity contribution in [1.29, 1.82) is 0 Å². The molecule has 1 aliphatic rings. The van der Waals surface area contributed by atoms with Gasteiger partial charge in [-0.3, -0.25) is 14.4 Å². The van der Waals surface area contributed by atoms with Crippen LogP contribution in [0.4, 0.5) is 5.69 Å². The standard InChI is InChI=1S/C26H26N10O4S/c1-3-17-21(33-6-8-34(9-7-33)24(39)20-22(38)14(2)28-12-29-20)25(40)36-26(35(17)11-19(27)37)31-23(32-36)15-4-5-18-16(10-15)30-13-41-18/h4-5,10,12-13,38H,3,6-9,11H2,1-2H3,(H2,27,37). The summed E-state index contributed by atoms with van der Waals surface area (Å²) in [6.07, 6.45) is 1.67. The van der Waals surface area contributed by atoms with E-state index in [1.165, 1.54) is 22.2 Å². The van der Waals surface area contributed by atoms with E-state index in [1.807, 2.05) is 30.0 Å². The van der Waals surface area contributed by atoms with E-state index in [9.17, 15) is 19.5 Å². The first-order valence-corrected chi connectivity index (χ1v) is 13.8. The molecular formula is C26H26N10O4S. The Labute approximate surface area is 236 Å². The number of hydrogen-bond acceptors (Lipinski definition) is 11. The van der Waals surface area contributed by atoms with Crippen LogP contribution < -0.4 is 16.2 Å². The molecule has 0 aliphatic carbocycles. The van der Waals surface area contributed by atoms with E-state index >= 15 is 0 Å². The number of amides is 2. The molecule has 0 bridgehead atoms. The monoisotopic (exact) mass is 574 g/mol. The van der Waals surface area contributed by atoms with E-state index in [0.29, 0.717) is 48.0 Å². The van der Waals surface area contributed by atoms with Crippen LogP contribution in [0.3, 0.4) is 0 Å². The highest BCUT2D eigenvalue weighted by molar-refractivity contribution is 7.16. The number of nitrogens with zero attached hydrogens (tertiary/aromatic N) is 9. The molecule has 3 N–H and O–H groups in total. The van der Waals surface area contributed by atoms with Crippen molar-refractivity contribution in [3.8, 4) is 17.1 Å². The molecule has 1 aliphatic heterocycles. The maximum Gasteiger partial charge on any atom is 0.299 e. The highest BCUT2D eigenvalue weighted by Crippen LogP contribution is 2.27. The Morgan fingerprint density at radius 2 is 1.90 bits per heavy atom. The van der Waals surface area contributed by atoms with E-state index in [1.54, 1.807) is 21.9 Å². The Kier molecular flexibility index (Phi) is 6.57. The smallest absolute Gasteiger partial charge is 0.299 e. The number of hydrogen-bond donors (Lipinski definition) is 2. The number of anilines is 1. The van der Waals surface area contributed by atoms with E-state index < -0.39 is 11.8 Å². The summed E-state index contributed by atoms with van der Waals surface area (Å²) in [5.74, 6) is -0.706. The lowest BCUT2D eigenvalue weighted by Gasteiger charge is -2.36. The fourth-order valence-corrected chi connectivity index (χ4v) is 5.77. The third-order valence-corrected chi connectivity index (χ3v) is 7.96. The lowest BCUT2D eigenvalue weighted by Crippen LogP contribution is -2.51. The maximum absolute atomic E-state index is 13.9. The van der Waals surface area contributed by atoms with Gasteiger partial charge in [0.25, 0.3) is 11.5 Å². The Bertz CT molecular complexity index is 1890. The number of carbonyl (C=O) groups is 2. The van der Waals surface area contributed by atoms with Gasteiger partial charge >= 0.3 is 0 Å². The van der Waals surface area contributed by atoms with Gasteiger partial charge in [-0.1, -0.05) is 6.92 Å². The number of nitrogens with two attached hydrogens (primary N) is 1. The number of piperazine rings is 1. The first-order chi connectivity index (χ1) is 19.8. The van der Waals surface area contributed by atoms with Gasteiger partial charge in [0.2, 0.25) is 11.7 Å². The van der Waals surface area contributed by atoms with Gasteiger partial charge in [0.15, 0.2) is 17.3 Å². The maximum atomic E-state index is 13.9. The first-order valence-electron chi connectivity index (χ1n) is 13.0. The second-order valence-electron chi connectivity index (χ2n) is 9.62. The zero-order valence-electron chi connectivity index (χ0n) is 22.3. The van der Waals surface area contributed by atoms with Gasteiger partial charge in [-0.2, -0.15) is 9.50 Å². The summed E-state index contributed by atoms with van der Waals surface area (Å²) >= 11 is 1.52. The minimum absolute atomic E-state index is 0.0589. The van der Waals surface area contributed by atoms with Crippen molar-refractivity contribution in [3.05, 3.63) is 57.5 Å². The minimum Gasteiger partial charge on any atom is -0.504 e. The van der Waals surface area contributed by atoms with Gasteiger partial charge in [0.05, 0.1) is 27.1 Å². The van der Waals surface area contributed by atoms with Crippen LogP contribution in [0.25, 0.3) is 27.4 Å². The molecule has 0 atom stereocenters. The zero-order valence-corrected chi connectivity index (χ0v) is 23.1. The van der Waals surface area contributed by atoms with Crippen molar-refractivity contribution in [3.63, 3.8) is 0 Å². The zero-order chi connectivity index (χ0) is 28.8. The van der Waals surface area contributed by atoms with Gasteiger partial charge in [-0.05, 0) is 31.5 Å². The van der Waals surface area contributed by atoms with Crippen LogP contribution in [0.15, 0.2) is 34.8 Å². The second kappa shape index (κ2) is 10.2. The average Bonchev–Trinajstić information content (AvgIpc) is 3.63. The number of carbonyl (C=O) groups excluding carboxylic acids is 2. The fraction of sp³-hybridized carbons (Fsp3) is 0.308. The van der Waals surface area contributed by atoms with Gasteiger partial charge in [0.1, 0.15) is 18.6 Å². The average molecular weight is 575 g/mol. The van der Waals surface area contributed by atoms with Crippen LogP contribution in [-0.4, -0.2) is 82.1 Å². The largest absolute Gasteiger partial charge is 0.504 e. The van der Waals surface area contributed by atoms with E-state index in [4.69, 9.17) is 5.73 Å². The Hall–Kier alpha value is -4.92. The molecule has 0 spiro atoms. The molecule has 1 aromatic carbocycles. The molecular weight excluding hydrogens is 548 g/mol. The SMILES string of the molecule is CCc1c(N2CCN(C(=O)c3ncnc(C)c3O)CC2)c(=O)n2nc(-c3ccc4scnc4c3)nc2n1CC(N)=O. The number of aryl methyl sites for hydroxylation is 1. The predicted octanol–water partition coefficient (Wildman–Crippen LogP) is 0.982. The topological polar surface area (TPSA) is 178 Å². The van der Waals surface area contributed by atoms with Crippen molar-refractivity contribution in [2.75, 3.05) is 31.1 Å². The highest BCUT2D eigenvalue weighted by Gasteiger charge is 2.30. The van der Waals surface area contributed by atoms with Crippen LogP contribution in [0.5, 0.6) is 5.75 Å². The summed E-state index contributed by atoms with van der Waals surface area (Å²) in [4.78, 5) is 59.4. The Morgan fingerprint density at radius 3 is 2.63 bits per heavy atom. The third-order valence-electron chi connectivity index (χ3n) is 7.15. The van der Waals surface area contributed by atoms with Crippen molar-refractivity contribution in [2.45, 2.75) is 26.8 Å². The second-order valence-corrected chi connectivity index (χ2v) is 10.5. The summed E-state index contributed by atoms with van der Waals surface area (Å²) in [6, 6.07) is 5.65. The van der Waals surface area contributed by atoms with Crippen LogP contribution in [0.2, 0.25) is 0 Å². The Balaban J connectivity index is 1.38. The van der Waals surface area contributed by atoms with Crippen molar-refractivity contribution >= 4 is 44.8 Å².